The summed E-state index contributed by atoms with van der Waals surface area (Å²) in [5.74, 6) is -0.983. The van der Waals surface area contributed by atoms with Gasteiger partial charge in [-0.1, -0.05) is 29.5 Å². The van der Waals surface area contributed by atoms with Gasteiger partial charge in [-0.2, -0.15) is 0 Å². The third kappa shape index (κ3) is 5.36. The standard InChI is InChI=1S/C19H18FN3O4S2/c1-12(2)27-15-9-7-13(8-10-15)17(24)21-18-22-23-19(28-18)29(25,26)11-14-5-3-4-6-16(14)20/h3-10,12H,11H2,1-2H3,(H,21,22,24). The zero-order valence-corrected chi connectivity index (χ0v) is 17.3. The van der Waals surface area contributed by atoms with E-state index in [2.05, 4.69) is 15.5 Å². The van der Waals surface area contributed by atoms with Crippen LogP contribution in [0.1, 0.15) is 29.8 Å². The Hall–Kier alpha value is -2.85. The Labute approximate surface area is 171 Å². The van der Waals surface area contributed by atoms with Crippen molar-refractivity contribution in [2.75, 3.05) is 5.32 Å². The molecule has 1 amide bonds. The zero-order chi connectivity index (χ0) is 21.0. The van der Waals surface area contributed by atoms with Crippen molar-refractivity contribution in [2.24, 2.45) is 0 Å². The first kappa shape index (κ1) is 20.9. The highest BCUT2D eigenvalue weighted by Gasteiger charge is 2.23. The van der Waals surface area contributed by atoms with Crippen LogP contribution in [0.25, 0.3) is 0 Å². The van der Waals surface area contributed by atoms with Crippen LogP contribution >= 0.6 is 11.3 Å². The van der Waals surface area contributed by atoms with Crippen molar-refractivity contribution in [3.63, 3.8) is 0 Å². The molecule has 1 heterocycles. The number of sulfone groups is 1. The van der Waals surface area contributed by atoms with E-state index in [0.29, 0.717) is 22.6 Å². The van der Waals surface area contributed by atoms with Crippen molar-refractivity contribution in [1.82, 2.24) is 10.2 Å². The molecular formula is C19H18FN3O4S2. The maximum absolute atomic E-state index is 13.7. The van der Waals surface area contributed by atoms with Crippen LogP contribution in [0.3, 0.4) is 0 Å². The lowest BCUT2D eigenvalue weighted by Crippen LogP contribution is -2.12. The number of benzene rings is 2. The number of ether oxygens (including phenoxy) is 1. The van der Waals surface area contributed by atoms with Crippen LogP contribution in [0.15, 0.2) is 52.9 Å². The maximum Gasteiger partial charge on any atom is 0.257 e. The number of anilines is 1. The Balaban J connectivity index is 1.69. The van der Waals surface area contributed by atoms with Crippen LogP contribution in [-0.4, -0.2) is 30.6 Å². The fourth-order valence-corrected chi connectivity index (χ4v) is 4.72. The minimum atomic E-state index is -3.90. The largest absolute Gasteiger partial charge is 0.491 e. The lowest BCUT2D eigenvalue weighted by Gasteiger charge is -2.09. The van der Waals surface area contributed by atoms with Crippen molar-refractivity contribution in [2.45, 2.75) is 30.0 Å². The normalized spacial score (nSPS) is 11.4. The van der Waals surface area contributed by atoms with E-state index in [9.17, 15) is 17.6 Å². The molecule has 10 heteroatoms. The second-order valence-electron chi connectivity index (χ2n) is 6.37. The molecule has 0 unspecified atom stereocenters. The van der Waals surface area contributed by atoms with Gasteiger partial charge in [0.25, 0.3) is 5.91 Å². The molecule has 0 saturated carbocycles. The minimum absolute atomic E-state index is 0.0146. The molecule has 152 valence electrons. The SMILES string of the molecule is CC(C)Oc1ccc(C(=O)Nc2nnc(S(=O)(=O)Cc3ccccc3F)s2)cc1. The van der Waals surface area contributed by atoms with Gasteiger partial charge in [0.15, 0.2) is 0 Å². The van der Waals surface area contributed by atoms with Gasteiger partial charge in [-0.3, -0.25) is 10.1 Å². The number of nitrogens with zero attached hydrogens (tertiary/aromatic N) is 2. The third-order valence-electron chi connectivity index (χ3n) is 3.68. The molecule has 7 nitrogen and oxygen atoms in total. The number of carbonyl (C=O) groups is 1. The fourth-order valence-electron chi connectivity index (χ4n) is 2.39. The highest BCUT2D eigenvalue weighted by atomic mass is 32.2. The van der Waals surface area contributed by atoms with Crippen molar-refractivity contribution >= 4 is 32.2 Å². The molecule has 1 N–H and O–H groups in total. The molecule has 0 radical (unpaired) electrons. The van der Waals surface area contributed by atoms with E-state index < -0.39 is 27.3 Å². The monoisotopic (exact) mass is 435 g/mol. The first-order chi connectivity index (χ1) is 13.7. The number of hydrogen-bond donors (Lipinski definition) is 1. The minimum Gasteiger partial charge on any atom is -0.491 e. The van der Waals surface area contributed by atoms with Gasteiger partial charge in [0.05, 0.1) is 11.9 Å². The Kier molecular flexibility index (Phi) is 6.23. The van der Waals surface area contributed by atoms with Crippen molar-refractivity contribution in [3.8, 4) is 5.75 Å². The molecule has 0 spiro atoms. The Morgan fingerprint density at radius 3 is 2.48 bits per heavy atom. The van der Waals surface area contributed by atoms with Crippen LogP contribution < -0.4 is 10.1 Å². The van der Waals surface area contributed by atoms with Gasteiger partial charge in [-0.15, -0.1) is 10.2 Å². The van der Waals surface area contributed by atoms with E-state index in [1.807, 2.05) is 13.8 Å². The molecule has 0 atom stereocenters. The van der Waals surface area contributed by atoms with E-state index >= 15 is 0 Å². The van der Waals surface area contributed by atoms with Crippen LogP contribution in [0.5, 0.6) is 5.75 Å². The van der Waals surface area contributed by atoms with Gasteiger partial charge in [0.2, 0.25) is 19.3 Å². The summed E-state index contributed by atoms with van der Waals surface area (Å²) in [6, 6.07) is 12.1. The van der Waals surface area contributed by atoms with Crippen LogP contribution in [0.2, 0.25) is 0 Å². The fraction of sp³-hybridized carbons (Fsp3) is 0.211. The quantitative estimate of drug-likeness (QED) is 0.569. The third-order valence-corrected chi connectivity index (χ3v) is 6.63. The molecule has 1 aromatic heterocycles. The zero-order valence-electron chi connectivity index (χ0n) is 15.6. The summed E-state index contributed by atoms with van der Waals surface area (Å²) in [6.07, 6.45) is 0.0146. The summed E-state index contributed by atoms with van der Waals surface area (Å²) in [5, 5.41) is 9.88. The van der Waals surface area contributed by atoms with Gasteiger partial charge >= 0.3 is 0 Å². The summed E-state index contributed by atoms with van der Waals surface area (Å²) in [5.41, 5.74) is 0.393. The molecule has 29 heavy (non-hydrogen) atoms. The summed E-state index contributed by atoms with van der Waals surface area (Å²) in [6.45, 7) is 3.79. The summed E-state index contributed by atoms with van der Waals surface area (Å²) >= 11 is 0.710. The van der Waals surface area contributed by atoms with Crippen LogP contribution in [0.4, 0.5) is 9.52 Å². The second-order valence-corrected chi connectivity index (χ2v) is 9.51. The van der Waals surface area contributed by atoms with Crippen molar-refractivity contribution in [1.29, 1.82) is 0 Å². The first-order valence-corrected chi connectivity index (χ1v) is 11.1. The van der Waals surface area contributed by atoms with Gasteiger partial charge in [-0.25, -0.2) is 12.8 Å². The smallest absolute Gasteiger partial charge is 0.257 e. The van der Waals surface area contributed by atoms with Crippen molar-refractivity contribution in [3.05, 3.63) is 65.5 Å². The number of amides is 1. The Morgan fingerprint density at radius 2 is 1.83 bits per heavy atom. The number of carbonyl (C=O) groups excluding carboxylic acids is 1. The van der Waals surface area contributed by atoms with Gasteiger partial charge in [-0.05, 0) is 44.2 Å². The average Bonchev–Trinajstić information content (AvgIpc) is 3.13. The molecule has 2 aromatic carbocycles. The topological polar surface area (TPSA) is 98.2 Å². The van der Waals surface area contributed by atoms with Crippen molar-refractivity contribution < 1.29 is 22.3 Å². The highest BCUT2D eigenvalue weighted by Crippen LogP contribution is 2.25. The number of aromatic nitrogens is 2. The molecule has 3 rings (SSSR count). The summed E-state index contributed by atoms with van der Waals surface area (Å²) in [4.78, 5) is 12.3. The molecule has 0 fully saturated rings. The lowest BCUT2D eigenvalue weighted by molar-refractivity contribution is 0.102. The van der Waals surface area contributed by atoms with E-state index in [0.717, 1.165) is 0 Å². The maximum atomic E-state index is 13.7. The first-order valence-electron chi connectivity index (χ1n) is 8.62. The lowest BCUT2D eigenvalue weighted by atomic mass is 10.2. The Morgan fingerprint density at radius 1 is 1.14 bits per heavy atom. The Bertz CT molecular complexity index is 1110. The second kappa shape index (κ2) is 8.66. The number of rotatable bonds is 7. The highest BCUT2D eigenvalue weighted by molar-refractivity contribution is 7.92. The molecule has 0 saturated heterocycles. The van der Waals surface area contributed by atoms with Gasteiger partial charge < -0.3 is 4.74 Å². The predicted octanol–water partition coefficient (Wildman–Crippen LogP) is 3.69. The molecule has 0 bridgehead atoms. The number of nitrogens with one attached hydrogen (secondary N) is 1. The van der Waals surface area contributed by atoms with E-state index in [-0.39, 0.29) is 21.1 Å². The summed E-state index contributed by atoms with van der Waals surface area (Å²) in [7, 11) is -3.90. The predicted molar refractivity (Wildman–Crippen MR) is 107 cm³/mol. The molecule has 0 aliphatic heterocycles. The number of halogens is 1. The van der Waals surface area contributed by atoms with Crippen LogP contribution in [-0.2, 0) is 15.6 Å². The van der Waals surface area contributed by atoms with E-state index in [1.165, 1.54) is 18.2 Å². The van der Waals surface area contributed by atoms with Gasteiger partial charge in [0, 0.05) is 11.1 Å². The number of hydrogen-bond acceptors (Lipinski definition) is 7. The van der Waals surface area contributed by atoms with Crippen LogP contribution in [0, 0.1) is 5.82 Å². The van der Waals surface area contributed by atoms with E-state index in [4.69, 9.17) is 4.74 Å². The molecule has 0 aliphatic carbocycles. The van der Waals surface area contributed by atoms with Gasteiger partial charge in [0.1, 0.15) is 11.6 Å². The molecular weight excluding hydrogens is 417 g/mol. The van der Waals surface area contributed by atoms with E-state index in [1.54, 1.807) is 30.3 Å². The molecule has 3 aromatic rings. The molecule has 0 aliphatic rings. The summed E-state index contributed by atoms with van der Waals surface area (Å²) < 4.78 is 43.9. The average molecular weight is 436 g/mol.